The van der Waals surface area contributed by atoms with Crippen molar-refractivity contribution in [2.75, 3.05) is 12.4 Å². The molecule has 140 valence electrons. The van der Waals surface area contributed by atoms with Crippen LogP contribution in [-0.2, 0) is 9.53 Å². The van der Waals surface area contributed by atoms with Gasteiger partial charge in [0.15, 0.2) is 5.78 Å². The molecule has 27 heavy (non-hydrogen) atoms. The predicted octanol–water partition coefficient (Wildman–Crippen LogP) is 2.86. The Labute approximate surface area is 155 Å². The maximum absolute atomic E-state index is 13.4. The van der Waals surface area contributed by atoms with E-state index in [0.29, 0.717) is 29.9 Å². The standard InChI is InChI=1S/C19H19FN4O3/c1-19(2)8-12-14(13(25)9-19)15(10-4-6-11(20)7-5-10)24-18(21-12)22-16(23-24)17(26)27-3/h4-7,15H,8-9H2,1-3H3,(H,21,22,23). The average Bonchev–Trinajstić information content (AvgIpc) is 3.02. The lowest BCUT2D eigenvalue weighted by molar-refractivity contribution is -0.118. The number of nitrogens with zero attached hydrogens (tertiary/aromatic N) is 3. The second-order valence-electron chi connectivity index (χ2n) is 7.61. The van der Waals surface area contributed by atoms with Crippen molar-refractivity contribution in [3.8, 4) is 0 Å². The number of hydrogen-bond donors (Lipinski definition) is 1. The van der Waals surface area contributed by atoms with E-state index >= 15 is 0 Å². The number of Topliss-reactive ketones (excluding diaryl/α,β-unsaturated/α-hetero) is 1. The number of hydrogen-bond acceptors (Lipinski definition) is 6. The van der Waals surface area contributed by atoms with Gasteiger partial charge in [-0.2, -0.15) is 4.98 Å². The number of ketones is 1. The number of allylic oxidation sites excluding steroid dienone is 2. The topological polar surface area (TPSA) is 86.1 Å². The highest BCUT2D eigenvalue weighted by Gasteiger charge is 2.42. The summed E-state index contributed by atoms with van der Waals surface area (Å²) in [5.74, 6) is -0.773. The van der Waals surface area contributed by atoms with Crippen LogP contribution in [0.5, 0.6) is 0 Å². The van der Waals surface area contributed by atoms with Gasteiger partial charge in [0.2, 0.25) is 5.95 Å². The largest absolute Gasteiger partial charge is 0.463 e. The fourth-order valence-electron chi connectivity index (χ4n) is 3.74. The average molecular weight is 370 g/mol. The van der Waals surface area contributed by atoms with Crippen LogP contribution in [0.1, 0.15) is 48.9 Å². The molecule has 0 fully saturated rings. The molecule has 0 saturated heterocycles. The lowest BCUT2D eigenvalue weighted by Gasteiger charge is -2.38. The SMILES string of the molecule is COC(=O)c1nc2n(n1)C(c1ccc(F)cc1)C1=C(CC(C)(C)CC1=O)N2. The molecule has 1 aromatic heterocycles. The Balaban J connectivity index is 1.90. The molecule has 8 heteroatoms. The summed E-state index contributed by atoms with van der Waals surface area (Å²) >= 11 is 0. The highest BCUT2D eigenvalue weighted by atomic mass is 19.1. The highest BCUT2D eigenvalue weighted by molar-refractivity contribution is 6.00. The van der Waals surface area contributed by atoms with Gasteiger partial charge in [0.1, 0.15) is 11.9 Å². The first-order valence-corrected chi connectivity index (χ1v) is 8.63. The van der Waals surface area contributed by atoms with E-state index in [1.807, 2.05) is 13.8 Å². The van der Waals surface area contributed by atoms with E-state index in [1.54, 1.807) is 12.1 Å². The first kappa shape index (κ1) is 17.4. The molecule has 0 saturated carbocycles. The number of carbonyl (C=O) groups excluding carboxylic acids is 2. The van der Waals surface area contributed by atoms with Gasteiger partial charge in [0, 0.05) is 17.7 Å². The van der Waals surface area contributed by atoms with Gasteiger partial charge in [0.25, 0.3) is 5.82 Å². The summed E-state index contributed by atoms with van der Waals surface area (Å²) in [4.78, 5) is 29.1. The Bertz CT molecular complexity index is 975. The zero-order chi connectivity index (χ0) is 19.3. The van der Waals surface area contributed by atoms with E-state index in [2.05, 4.69) is 15.4 Å². The summed E-state index contributed by atoms with van der Waals surface area (Å²) in [6.45, 7) is 4.06. The van der Waals surface area contributed by atoms with Gasteiger partial charge in [-0.3, -0.25) is 4.79 Å². The van der Waals surface area contributed by atoms with Gasteiger partial charge >= 0.3 is 5.97 Å². The van der Waals surface area contributed by atoms with Crippen molar-refractivity contribution in [2.45, 2.75) is 32.7 Å². The molecule has 0 radical (unpaired) electrons. The van der Waals surface area contributed by atoms with Crippen LogP contribution in [0.25, 0.3) is 0 Å². The van der Waals surface area contributed by atoms with Crippen LogP contribution in [0.3, 0.4) is 0 Å². The molecule has 4 rings (SSSR count). The summed E-state index contributed by atoms with van der Waals surface area (Å²) in [5, 5.41) is 7.41. The van der Waals surface area contributed by atoms with Gasteiger partial charge < -0.3 is 10.1 Å². The molecule has 0 amide bonds. The lowest BCUT2D eigenvalue weighted by Crippen LogP contribution is -2.36. The summed E-state index contributed by atoms with van der Waals surface area (Å²) in [5.41, 5.74) is 1.85. The second-order valence-corrected chi connectivity index (χ2v) is 7.61. The predicted molar refractivity (Wildman–Crippen MR) is 94.6 cm³/mol. The van der Waals surface area contributed by atoms with E-state index in [9.17, 15) is 14.0 Å². The van der Waals surface area contributed by atoms with Crippen molar-refractivity contribution in [1.29, 1.82) is 0 Å². The number of aromatic nitrogens is 3. The van der Waals surface area contributed by atoms with Crippen molar-refractivity contribution < 1.29 is 18.7 Å². The Morgan fingerprint density at radius 3 is 2.67 bits per heavy atom. The minimum Gasteiger partial charge on any atom is -0.463 e. The number of benzene rings is 1. The Kier molecular flexibility index (Phi) is 3.87. The number of fused-ring (bicyclic) bond motifs is 1. The molecule has 1 aliphatic carbocycles. The van der Waals surface area contributed by atoms with Gasteiger partial charge in [-0.05, 0) is 29.5 Å². The van der Waals surface area contributed by atoms with Crippen LogP contribution in [0.15, 0.2) is 35.5 Å². The van der Waals surface area contributed by atoms with Crippen LogP contribution >= 0.6 is 0 Å². The molecule has 1 unspecified atom stereocenters. The third kappa shape index (κ3) is 2.90. The van der Waals surface area contributed by atoms with Crippen molar-refractivity contribution in [2.24, 2.45) is 5.41 Å². The monoisotopic (exact) mass is 370 g/mol. The second kappa shape index (κ2) is 6.00. The number of rotatable bonds is 2. The van der Waals surface area contributed by atoms with Gasteiger partial charge in [-0.1, -0.05) is 26.0 Å². The Morgan fingerprint density at radius 1 is 1.30 bits per heavy atom. The van der Waals surface area contributed by atoms with Crippen molar-refractivity contribution >= 4 is 17.7 Å². The van der Waals surface area contributed by atoms with Crippen LogP contribution in [0.4, 0.5) is 10.3 Å². The molecule has 1 aromatic carbocycles. The first-order valence-electron chi connectivity index (χ1n) is 8.63. The molecule has 0 spiro atoms. The summed E-state index contributed by atoms with van der Waals surface area (Å²) in [6.07, 6.45) is 1.06. The summed E-state index contributed by atoms with van der Waals surface area (Å²) < 4.78 is 19.6. The molecule has 0 bridgehead atoms. The molecule has 1 atom stereocenters. The minimum atomic E-state index is -0.666. The first-order chi connectivity index (χ1) is 12.8. The van der Waals surface area contributed by atoms with Crippen molar-refractivity contribution in [3.05, 3.63) is 52.7 Å². The zero-order valence-electron chi connectivity index (χ0n) is 15.2. The van der Waals surface area contributed by atoms with E-state index in [1.165, 1.54) is 23.9 Å². The number of methoxy groups -OCH3 is 1. The van der Waals surface area contributed by atoms with Crippen LogP contribution in [0.2, 0.25) is 0 Å². The van der Waals surface area contributed by atoms with Gasteiger partial charge in [0.05, 0.1) is 7.11 Å². The van der Waals surface area contributed by atoms with Crippen molar-refractivity contribution in [3.63, 3.8) is 0 Å². The van der Waals surface area contributed by atoms with Crippen LogP contribution in [0, 0.1) is 11.2 Å². The molecule has 1 N–H and O–H groups in total. The molecule has 1 aliphatic heterocycles. The van der Waals surface area contributed by atoms with E-state index < -0.39 is 12.0 Å². The summed E-state index contributed by atoms with van der Waals surface area (Å²) in [6, 6.07) is 5.34. The zero-order valence-corrected chi connectivity index (χ0v) is 15.2. The smallest absolute Gasteiger partial charge is 0.378 e. The minimum absolute atomic E-state index is 0.00356. The normalized spacial score (nSPS) is 20.6. The van der Waals surface area contributed by atoms with E-state index in [4.69, 9.17) is 4.74 Å². The number of halogens is 1. The molecular formula is C19H19FN4O3. The Morgan fingerprint density at radius 2 is 2.00 bits per heavy atom. The number of carbonyl (C=O) groups is 2. The number of esters is 1. The van der Waals surface area contributed by atoms with Crippen LogP contribution < -0.4 is 5.32 Å². The van der Waals surface area contributed by atoms with E-state index in [0.717, 1.165) is 5.70 Å². The molecular weight excluding hydrogens is 351 g/mol. The number of ether oxygens (including phenoxy) is 1. The molecule has 2 heterocycles. The third-order valence-corrected chi connectivity index (χ3v) is 4.89. The summed E-state index contributed by atoms with van der Waals surface area (Å²) in [7, 11) is 1.25. The Hall–Kier alpha value is -3.03. The maximum atomic E-state index is 13.4. The lowest BCUT2D eigenvalue weighted by atomic mass is 9.73. The molecule has 2 aliphatic rings. The quantitative estimate of drug-likeness (QED) is 0.818. The van der Waals surface area contributed by atoms with Gasteiger partial charge in [-0.25, -0.2) is 13.9 Å². The van der Waals surface area contributed by atoms with Crippen LogP contribution in [-0.4, -0.2) is 33.6 Å². The van der Waals surface area contributed by atoms with E-state index in [-0.39, 0.29) is 22.8 Å². The molecule has 7 nitrogen and oxygen atoms in total. The fourth-order valence-corrected chi connectivity index (χ4v) is 3.74. The third-order valence-electron chi connectivity index (χ3n) is 4.89. The number of nitrogens with one attached hydrogen (secondary N) is 1. The maximum Gasteiger partial charge on any atom is 0.378 e. The fraction of sp³-hybridized carbons (Fsp3) is 0.368. The highest BCUT2D eigenvalue weighted by Crippen LogP contribution is 2.45. The molecule has 2 aromatic rings. The van der Waals surface area contributed by atoms with Crippen molar-refractivity contribution in [1.82, 2.24) is 14.8 Å². The van der Waals surface area contributed by atoms with Gasteiger partial charge in [-0.15, -0.1) is 5.10 Å². The number of anilines is 1.